The molecule has 10 rings (SSSR count). The standard InChI is InChI=1S/C70H114N4O4/c1-41(2)46-25-33-69(37-35-65(14)48(56(46)69)19-21-54-63(12)29-23-43(5)61(8,9)52(63)27-31-67(54,65)16)59(77)72-39-50(45(7)75)74-58(76)51(71-18)40-73-60(78)70-34-26-47(42(3)4)57(70)49-20-22-55-64(13)30-24-44(6)62(10,11)53(64)28-32-68(55,17)66(49,15)36-38-70/h43-44,46-57,71H,1,3,19-40H2,2,4-18H3,(H,72,77)(H,73,78)(H,74,76). The Balaban J connectivity index is 0.811. The van der Waals surface area contributed by atoms with Crippen molar-refractivity contribution in [1.29, 1.82) is 0 Å². The molecule has 4 N–H and O–H groups in total. The number of Topliss-reactive ketones (excluding diaryl/α,β-unsaturated/α-hetero) is 1. The van der Waals surface area contributed by atoms with Gasteiger partial charge < -0.3 is 21.3 Å². The van der Waals surface area contributed by atoms with Crippen LogP contribution in [0.2, 0.25) is 0 Å². The van der Waals surface area contributed by atoms with Crippen LogP contribution in [0.1, 0.15) is 232 Å². The molecule has 0 aromatic rings. The van der Waals surface area contributed by atoms with E-state index in [0.29, 0.717) is 57.2 Å². The topological polar surface area (TPSA) is 116 Å². The lowest BCUT2D eigenvalue weighted by molar-refractivity contribution is -0.240. The molecule has 0 heterocycles. The number of carbonyl (C=O) groups excluding carboxylic acids is 4. The van der Waals surface area contributed by atoms with Crippen molar-refractivity contribution in [1.82, 2.24) is 21.3 Å². The largest absolute Gasteiger partial charge is 0.354 e. The minimum atomic E-state index is -0.884. The summed E-state index contributed by atoms with van der Waals surface area (Å²) in [6, 6.07) is -1.63. The maximum absolute atomic E-state index is 15.2. The second kappa shape index (κ2) is 19.6. The lowest BCUT2D eigenvalue weighted by Crippen LogP contribution is -2.67. The fourth-order valence-electron chi connectivity index (χ4n) is 25.1. The Morgan fingerprint density at radius 1 is 0.462 bits per heavy atom. The molecule has 0 saturated heterocycles. The van der Waals surface area contributed by atoms with Gasteiger partial charge in [-0.15, -0.1) is 0 Å². The monoisotopic (exact) mass is 1070 g/mol. The van der Waals surface area contributed by atoms with E-state index >= 15 is 9.59 Å². The molecule has 10 aliphatic carbocycles. The van der Waals surface area contributed by atoms with Crippen LogP contribution in [0.4, 0.5) is 0 Å². The number of nitrogens with one attached hydrogen (secondary N) is 4. The fraction of sp³-hybridized carbons (Fsp3) is 0.886. The van der Waals surface area contributed by atoms with Crippen LogP contribution < -0.4 is 21.3 Å². The molecule has 0 radical (unpaired) electrons. The summed E-state index contributed by atoms with van der Waals surface area (Å²) in [6.45, 7) is 46.6. The molecule has 0 aromatic carbocycles. The zero-order valence-corrected chi connectivity index (χ0v) is 52.7. The number of hydrogen-bond donors (Lipinski definition) is 4. The number of ketones is 1. The van der Waals surface area contributed by atoms with Crippen molar-refractivity contribution in [3.63, 3.8) is 0 Å². The zero-order valence-electron chi connectivity index (χ0n) is 52.7. The highest BCUT2D eigenvalue weighted by molar-refractivity contribution is 5.92. The Labute approximate surface area is 475 Å². The maximum Gasteiger partial charge on any atom is 0.239 e. The van der Waals surface area contributed by atoms with Crippen LogP contribution in [-0.4, -0.2) is 55.7 Å². The van der Waals surface area contributed by atoms with E-state index in [1.807, 2.05) is 0 Å². The Morgan fingerprint density at radius 2 is 0.859 bits per heavy atom. The number of likely N-dealkylation sites (N-methyl/N-ethyl adjacent to an activating group) is 1. The quantitative estimate of drug-likeness (QED) is 0.145. The molecule has 8 heteroatoms. The first-order valence-electron chi connectivity index (χ1n) is 32.7. The van der Waals surface area contributed by atoms with Gasteiger partial charge in [0.05, 0.1) is 10.8 Å². The molecule has 0 aliphatic heterocycles. The third-order valence-electron chi connectivity index (χ3n) is 30.5. The first kappa shape index (κ1) is 58.7. The third-order valence-corrected chi connectivity index (χ3v) is 30.5. The van der Waals surface area contributed by atoms with Crippen molar-refractivity contribution in [2.45, 2.75) is 244 Å². The van der Waals surface area contributed by atoms with Crippen molar-refractivity contribution in [3.05, 3.63) is 24.3 Å². The Bertz CT molecular complexity index is 2430. The molecule has 78 heavy (non-hydrogen) atoms. The van der Waals surface area contributed by atoms with E-state index < -0.39 is 22.9 Å². The third kappa shape index (κ3) is 8.02. The van der Waals surface area contributed by atoms with Gasteiger partial charge in [0.25, 0.3) is 0 Å². The number of carbonyl (C=O) groups is 4. The van der Waals surface area contributed by atoms with Gasteiger partial charge in [-0.05, 0) is 271 Å². The predicted molar refractivity (Wildman–Crippen MR) is 318 cm³/mol. The van der Waals surface area contributed by atoms with Gasteiger partial charge in [0.15, 0.2) is 5.78 Å². The van der Waals surface area contributed by atoms with Crippen LogP contribution in [0.15, 0.2) is 24.3 Å². The molecule has 22 unspecified atom stereocenters. The van der Waals surface area contributed by atoms with Crippen molar-refractivity contribution in [3.8, 4) is 0 Å². The molecular weight excluding hydrogens is 961 g/mol. The molecule has 8 nitrogen and oxygen atoms in total. The van der Waals surface area contributed by atoms with E-state index in [1.165, 1.54) is 95.1 Å². The van der Waals surface area contributed by atoms with E-state index in [2.05, 4.69) is 131 Å². The second-order valence-corrected chi connectivity index (χ2v) is 33.1. The number of hydrogen-bond acceptors (Lipinski definition) is 5. The van der Waals surface area contributed by atoms with Gasteiger partial charge in [0.1, 0.15) is 12.1 Å². The summed E-state index contributed by atoms with van der Waals surface area (Å²) in [7, 11) is 1.76. The number of allylic oxidation sites excluding steroid dienone is 2. The second-order valence-electron chi connectivity index (χ2n) is 33.1. The van der Waals surface area contributed by atoms with Crippen LogP contribution in [-0.2, 0) is 19.2 Å². The van der Waals surface area contributed by atoms with Crippen molar-refractivity contribution in [2.75, 3.05) is 20.1 Å². The van der Waals surface area contributed by atoms with Crippen LogP contribution >= 0.6 is 0 Å². The highest BCUT2D eigenvalue weighted by Gasteiger charge is 2.74. The molecule has 0 spiro atoms. The molecule has 10 fully saturated rings. The lowest BCUT2D eigenvalue weighted by Gasteiger charge is -2.73. The Hall–Kier alpha value is -2.48. The summed E-state index contributed by atoms with van der Waals surface area (Å²) < 4.78 is 0. The fourth-order valence-corrected chi connectivity index (χ4v) is 25.1. The first-order valence-corrected chi connectivity index (χ1v) is 32.7. The number of amides is 3. The summed E-state index contributed by atoms with van der Waals surface area (Å²) in [5, 5.41) is 13.0. The number of rotatable bonds is 12. The van der Waals surface area contributed by atoms with E-state index in [-0.39, 0.29) is 70.1 Å². The van der Waals surface area contributed by atoms with E-state index in [1.54, 1.807) is 7.05 Å². The van der Waals surface area contributed by atoms with E-state index in [4.69, 9.17) is 0 Å². The van der Waals surface area contributed by atoms with Gasteiger partial charge in [-0.3, -0.25) is 19.2 Å². The van der Waals surface area contributed by atoms with Crippen molar-refractivity contribution >= 4 is 23.5 Å². The summed E-state index contributed by atoms with van der Waals surface area (Å²) in [4.78, 5) is 58.3. The molecule has 0 bridgehead atoms. The predicted octanol–water partition coefficient (Wildman–Crippen LogP) is 14.5. The van der Waals surface area contributed by atoms with Crippen LogP contribution in [0.3, 0.4) is 0 Å². The van der Waals surface area contributed by atoms with Crippen molar-refractivity contribution in [2.24, 2.45) is 125 Å². The smallest absolute Gasteiger partial charge is 0.239 e. The van der Waals surface area contributed by atoms with Crippen LogP contribution in [0.25, 0.3) is 0 Å². The molecule has 22 atom stereocenters. The molecular formula is C70H114N4O4. The Morgan fingerprint density at radius 3 is 1.23 bits per heavy atom. The van der Waals surface area contributed by atoms with Gasteiger partial charge in [-0.1, -0.05) is 107 Å². The van der Waals surface area contributed by atoms with E-state index in [0.717, 1.165) is 75.0 Å². The molecule has 3 amide bonds. The van der Waals surface area contributed by atoms with Crippen molar-refractivity contribution < 1.29 is 19.2 Å². The minimum Gasteiger partial charge on any atom is -0.354 e. The minimum absolute atomic E-state index is 0.0499. The van der Waals surface area contributed by atoms with Crippen LogP contribution in [0.5, 0.6) is 0 Å². The van der Waals surface area contributed by atoms with Gasteiger partial charge in [-0.25, -0.2) is 0 Å². The maximum atomic E-state index is 15.2. The van der Waals surface area contributed by atoms with Gasteiger partial charge >= 0.3 is 0 Å². The summed E-state index contributed by atoms with van der Waals surface area (Å²) in [6.07, 6.45) is 22.8. The first-order chi connectivity index (χ1) is 36.3. The average molecular weight is 1080 g/mol. The zero-order chi connectivity index (χ0) is 56.9. The van der Waals surface area contributed by atoms with E-state index in [9.17, 15) is 9.59 Å². The average Bonchev–Trinajstić information content (AvgIpc) is 2.54. The molecule has 10 saturated carbocycles. The summed E-state index contributed by atoms with van der Waals surface area (Å²) in [5.41, 5.74) is 3.45. The molecule has 0 aromatic heterocycles. The molecule has 438 valence electrons. The summed E-state index contributed by atoms with van der Waals surface area (Å²) >= 11 is 0. The highest BCUT2D eigenvalue weighted by atomic mass is 16.2. The summed E-state index contributed by atoms with van der Waals surface area (Å²) in [5.74, 6) is 5.90. The van der Waals surface area contributed by atoms with Gasteiger partial charge in [0.2, 0.25) is 17.7 Å². The van der Waals surface area contributed by atoms with Crippen LogP contribution in [0, 0.1) is 125 Å². The van der Waals surface area contributed by atoms with Gasteiger partial charge in [-0.2, -0.15) is 0 Å². The normalized spacial score (nSPS) is 49.2. The SMILES string of the molecule is C=C(C)C1CCC2(C(=O)NCC(NC(=O)C(CNC(=O)C34CCC(C(=C)C)C3C3CCC5C6(C)CCC(C)C(C)(C)C6CCC5(C)C3(C)CC4)NC)C(C)=O)CCC3(C)C(CCC4C5(C)CCC(C)C(C)(C)C5CCC43C)C12. The lowest BCUT2D eigenvalue weighted by atomic mass is 9.32. The Kier molecular flexibility index (Phi) is 14.7. The number of fused-ring (bicyclic) bond motifs is 14. The highest BCUT2D eigenvalue weighted by Crippen LogP contribution is 2.80. The van der Waals surface area contributed by atoms with Gasteiger partial charge in [0, 0.05) is 13.1 Å². The molecule has 10 aliphatic rings.